The van der Waals surface area contributed by atoms with Crippen LogP contribution in [0.2, 0.25) is 0 Å². The number of imidazole rings is 1. The second-order valence-electron chi connectivity index (χ2n) is 9.85. The Morgan fingerprint density at radius 1 is 1.24 bits per heavy atom. The van der Waals surface area contributed by atoms with E-state index in [9.17, 15) is 4.79 Å². The molecule has 0 fully saturated rings. The van der Waals surface area contributed by atoms with E-state index in [1.807, 2.05) is 39.1 Å². The lowest BCUT2D eigenvalue weighted by Crippen LogP contribution is -2.33. The molecule has 1 aliphatic rings. The number of aromatic nitrogens is 3. The highest BCUT2D eigenvalue weighted by molar-refractivity contribution is 7.15. The van der Waals surface area contributed by atoms with Crippen molar-refractivity contribution in [3.63, 3.8) is 0 Å². The van der Waals surface area contributed by atoms with Crippen LogP contribution in [0.4, 0.5) is 0 Å². The maximum absolute atomic E-state index is 13.2. The monoisotopic (exact) mass is 468 g/mol. The highest BCUT2D eigenvalue weighted by Crippen LogP contribution is 2.40. The summed E-state index contributed by atoms with van der Waals surface area (Å²) in [6, 6.07) is 4.05. The number of rotatable bonds is 6. The molecule has 0 atom stereocenters. The molecule has 1 N–H and O–H groups in total. The minimum Gasteiger partial charge on any atom is -0.493 e. The molecule has 0 saturated heterocycles. The summed E-state index contributed by atoms with van der Waals surface area (Å²) in [4.78, 5) is 23.4. The van der Waals surface area contributed by atoms with Gasteiger partial charge >= 0.3 is 0 Å². The molecular weight excluding hydrogens is 436 g/mol. The molecule has 3 aromatic rings. The summed E-state index contributed by atoms with van der Waals surface area (Å²) in [5, 5.41) is 4.02. The second-order valence-corrected chi connectivity index (χ2v) is 11.1. The summed E-state index contributed by atoms with van der Waals surface area (Å²) in [5.74, 6) is 1.98. The van der Waals surface area contributed by atoms with Gasteiger partial charge in [-0.05, 0) is 50.7 Å². The third-order valence-electron chi connectivity index (χ3n) is 5.41. The van der Waals surface area contributed by atoms with Gasteiger partial charge in [0.15, 0.2) is 17.3 Å². The van der Waals surface area contributed by atoms with Crippen molar-refractivity contribution < 1.29 is 14.3 Å². The lowest BCUT2D eigenvalue weighted by molar-refractivity contribution is 0.0933. The Bertz CT molecular complexity index is 1190. The van der Waals surface area contributed by atoms with E-state index in [4.69, 9.17) is 14.5 Å². The molecule has 2 aromatic heterocycles. The van der Waals surface area contributed by atoms with Crippen molar-refractivity contribution in [3.05, 3.63) is 40.3 Å². The Labute approximate surface area is 199 Å². The van der Waals surface area contributed by atoms with Gasteiger partial charge in [-0.2, -0.15) is 0 Å². The van der Waals surface area contributed by atoms with Crippen molar-refractivity contribution in [2.24, 2.45) is 5.41 Å². The van der Waals surface area contributed by atoms with Crippen molar-refractivity contribution >= 4 is 17.2 Å². The van der Waals surface area contributed by atoms with Crippen LogP contribution in [0.25, 0.3) is 16.4 Å². The Morgan fingerprint density at radius 2 is 2.00 bits per heavy atom. The number of hydrogen-bond donors (Lipinski definition) is 1. The number of methoxy groups -OCH3 is 1. The average molecular weight is 469 g/mol. The highest BCUT2D eigenvalue weighted by atomic mass is 32.1. The van der Waals surface area contributed by atoms with E-state index in [-0.39, 0.29) is 17.4 Å². The first kappa shape index (κ1) is 23.3. The van der Waals surface area contributed by atoms with Crippen molar-refractivity contribution in [2.45, 2.75) is 60.5 Å². The third kappa shape index (κ3) is 4.76. The largest absolute Gasteiger partial charge is 0.493 e. The van der Waals surface area contributed by atoms with E-state index in [2.05, 4.69) is 35.6 Å². The van der Waals surface area contributed by atoms with Crippen molar-refractivity contribution in [3.8, 4) is 27.9 Å². The van der Waals surface area contributed by atoms with E-state index in [1.54, 1.807) is 18.4 Å². The zero-order valence-corrected chi connectivity index (χ0v) is 21.2. The molecule has 1 amide bonds. The number of nitrogens with one attached hydrogen (secondary N) is 1. The molecule has 0 unspecified atom stereocenters. The Balaban J connectivity index is 1.88. The number of amides is 1. The van der Waals surface area contributed by atoms with Gasteiger partial charge in [-0.1, -0.05) is 20.8 Å². The molecule has 7 nitrogen and oxygen atoms in total. The van der Waals surface area contributed by atoms with E-state index in [0.29, 0.717) is 30.2 Å². The van der Waals surface area contributed by atoms with Crippen LogP contribution in [0, 0.1) is 12.3 Å². The summed E-state index contributed by atoms with van der Waals surface area (Å²) < 4.78 is 13.8. The lowest BCUT2D eigenvalue weighted by atomic mass is 9.96. The molecule has 1 aromatic carbocycles. The van der Waals surface area contributed by atoms with Crippen LogP contribution in [-0.2, 0) is 12.8 Å². The summed E-state index contributed by atoms with van der Waals surface area (Å²) in [7, 11) is 1.66. The van der Waals surface area contributed by atoms with Crippen molar-refractivity contribution in [2.75, 3.05) is 13.7 Å². The fraction of sp³-hybridized carbons (Fsp3) is 0.480. The highest BCUT2D eigenvalue weighted by Gasteiger charge is 2.30. The number of fused-ring (bicyclic) bond motifs is 3. The van der Waals surface area contributed by atoms with Crippen LogP contribution in [0.1, 0.15) is 61.4 Å². The molecular formula is C25H32N4O3S. The summed E-state index contributed by atoms with van der Waals surface area (Å²) in [6.45, 7) is 12.8. The van der Waals surface area contributed by atoms with Crippen molar-refractivity contribution in [1.29, 1.82) is 0 Å². The van der Waals surface area contributed by atoms with Crippen LogP contribution in [0.15, 0.2) is 18.3 Å². The predicted octanol–water partition coefficient (Wildman–Crippen LogP) is 4.97. The van der Waals surface area contributed by atoms with Crippen LogP contribution >= 0.6 is 11.3 Å². The van der Waals surface area contributed by atoms with Gasteiger partial charge in [0, 0.05) is 18.8 Å². The van der Waals surface area contributed by atoms with Crippen LogP contribution in [0.3, 0.4) is 0 Å². The van der Waals surface area contributed by atoms with E-state index in [1.165, 1.54) is 0 Å². The van der Waals surface area contributed by atoms with Gasteiger partial charge in [0.05, 0.1) is 34.5 Å². The molecule has 0 spiro atoms. The molecule has 176 valence electrons. The fourth-order valence-electron chi connectivity index (χ4n) is 3.94. The fourth-order valence-corrected chi connectivity index (χ4v) is 4.70. The maximum atomic E-state index is 13.2. The molecule has 0 radical (unpaired) electrons. The SMILES string of the molecule is COc1cc2c(cc1OC(C)C)-n1c(-c3cnc(C)s3)nc(C(=O)NCC(C)(C)C)c1CC2. The third-order valence-corrected chi connectivity index (χ3v) is 6.32. The smallest absolute Gasteiger partial charge is 0.271 e. The molecule has 1 aliphatic heterocycles. The van der Waals surface area contributed by atoms with E-state index < -0.39 is 0 Å². The van der Waals surface area contributed by atoms with Gasteiger partial charge in [0.2, 0.25) is 0 Å². The Hall–Kier alpha value is -2.87. The van der Waals surface area contributed by atoms with Gasteiger partial charge in [0.25, 0.3) is 5.91 Å². The van der Waals surface area contributed by atoms with Crippen LogP contribution in [-0.4, -0.2) is 40.2 Å². The number of benzene rings is 1. The first-order chi connectivity index (χ1) is 15.6. The topological polar surface area (TPSA) is 78.3 Å². The van der Waals surface area contributed by atoms with Gasteiger partial charge in [-0.15, -0.1) is 11.3 Å². The number of hydrogen-bond acceptors (Lipinski definition) is 6. The summed E-state index contributed by atoms with van der Waals surface area (Å²) >= 11 is 1.57. The lowest BCUT2D eigenvalue weighted by Gasteiger charge is -2.24. The standard InChI is InChI=1S/C25H32N4O3S/c1-14(2)32-20-11-18-16(10-19(20)31-7)8-9-17-22(24(30)27-13-25(4,5)6)28-23(29(17)18)21-12-26-15(3)33-21/h10-12,14H,8-9,13H2,1-7H3,(H,27,30). The molecule has 0 saturated carbocycles. The molecule has 4 rings (SSSR count). The van der Waals surface area contributed by atoms with Gasteiger partial charge in [-0.3, -0.25) is 9.36 Å². The minimum atomic E-state index is -0.142. The maximum Gasteiger partial charge on any atom is 0.271 e. The first-order valence-corrected chi connectivity index (χ1v) is 12.1. The van der Waals surface area contributed by atoms with Crippen LogP contribution < -0.4 is 14.8 Å². The first-order valence-electron chi connectivity index (χ1n) is 11.3. The molecule has 8 heteroatoms. The quantitative estimate of drug-likeness (QED) is 0.552. The summed E-state index contributed by atoms with van der Waals surface area (Å²) in [5.41, 5.74) is 3.48. The normalized spacial score (nSPS) is 13.0. The van der Waals surface area contributed by atoms with E-state index >= 15 is 0 Å². The van der Waals surface area contributed by atoms with Gasteiger partial charge < -0.3 is 14.8 Å². The number of aryl methyl sites for hydroxylation is 2. The number of carbonyl (C=O) groups excluding carboxylic acids is 1. The van der Waals surface area contributed by atoms with E-state index in [0.717, 1.165) is 39.1 Å². The number of nitrogens with zero attached hydrogens (tertiary/aromatic N) is 3. The van der Waals surface area contributed by atoms with Gasteiger partial charge in [0.1, 0.15) is 5.69 Å². The number of thiazole rings is 1. The zero-order chi connectivity index (χ0) is 23.9. The molecule has 0 bridgehead atoms. The average Bonchev–Trinajstić information content (AvgIpc) is 3.34. The summed E-state index contributed by atoms with van der Waals surface area (Å²) in [6.07, 6.45) is 3.34. The molecule has 33 heavy (non-hydrogen) atoms. The van der Waals surface area contributed by atoms with Crippen LogP contribution in [0.5, 0.6) is 11.5 Å². The molecule has 3 heterocycles. The second kappa shape index (κ2) is 8.82. The molecule has 0 aliphatic carbocycles. The zero-order valence-electron chi connectivity index (χ0n) is 20.4. The van der Waals surface area contributed by atoms with Gasteiger partial charge in [-0.25, -0.2) is 9.97 Å². The number of ether oxygens (including phenoxy) is 2. The Kier molecular flexibility index (Phi) is 6.22. The Morgan fingerprint density at radius 3 is 2.61 bits per heavy atom. The van der Waals surface area contributed by atoms with Crippen molar-refractivity contribution in [1.82, 2.24) is 19.9 Å². The predicted molar refractivity (Wildman–Crippen MR) is 131 cm³/mol. The minimum absolute atomic E-state index is 0.00477. The number of carbonyl (C=O) groups is 1.